The van der Waals surface area contributed by atoms with Gasteiger partial charge in [0.2, 0.25) is 0 Å². The highest BCUT2D eigenvalue weighted by atomic mass is 79.9. The van der Waals surface area contributed by atoms with Crippen LogP contribution in [0.25, 0.3) is 10.9 Å². The number of halogens is 2. The first-order valence-corrected chi connectivity index (χ1v) is 9.65. The summed E-state index contributed by atoms with van der Waals surface area (Å²) >= 11 is 11.0. The maximum absolute atomic E-state index is 12.0. The zero-order valence-corrected chi connectivity index (χ0v) is 16.5. The molecule has 0 aliphatic carbocycles. The molecule has 8 heteroatoms. The Morgan fingerprint density at radius 3 is 2.75 bits per heavy atom. The smallest absolute Gasteiger partial charge is 0.261 e. The summed E-state index contributed by atoms with van der Waals surface area (Å²) in [7, 11) is 0. The molecule has 1 aromatic heterocycles. The van der Waals surface area contributed by atoms with Crippen LogP contribution in [0.15, 0.2) is 27.7 Å². The van der Waals surface area contributed by atoms with E-state index in [4.69, 9.17) is 16.7 Å². The molecule has 3 rings (SSSR count). The molecule has 1 saturated heterocycles. The third kappa shape index (κ3) is 4.81. The van der Waals surface area contributed by atoms with Crippen LogP contribution in [0.5, 0.6) is 0 Å². The van der Waals surface area contributed by atoms with Gasteiger partial charge in [0.05, 0.1) is 34.9 Å². The van der Waals surface area contributed by atoms with Gasteiger partial charge < -0.3 is 5.11 Å². The minimum atomic E-state index is -0.264. The number of fused-ring (bicyclic) bond motifs is 1. The Bertz CT molecular complexity index is 804. The second-order valence-corrected chi connectivity index (χ2v) is 8.34. The van der Waals surface area contributed by atoms with Crippen LogP contribution in [0.3, 0.4) is 0 Å². The lowest BCUT2D eigenvalue weighted by atomic mass is 10.2. The van der Waals surface area contributed by atoms with Crippen molar-refractivity contribution in [3.63, 3.8) is 0 Å². The molecule has 1 fully saturated rings. The predicted octanol–water partition coefficient (Wildman–Crippen LogP) is 3.27. The van der Waals surface area contributed by atoms with Gasteiger partial charge in [-0.25, -0.2) is 4.98 Å². The Morgan fingerprint density at radius 2 is 2.25 bits per heavy atom. The number of hydrogen-bond donors (Lipinski definition) is 1. The van der Waals surface area contributed by atoms with E-state index in [0.717, 1.165) is 12.2 Å². The van der Waals surface area contributed by atoms with Gasteiger partial charge in [0.1, 0.15) is 5.78 Å². The van der Waals surface area contributed by atoms with Crippen LogP contribution < -0.4 is 5.56 Å². The Morgan fingerprint density at radius 1 is 1.54 bits per heavy atom. The first-order chi connectivity index (χ1) is 11.3. The molecule has 1 N–H and O–H groups in total. The topological polar surface area (TPSA) is 72.2 Å². The lowest BCUT2D eigenvalue weighted by molar-refractivity contribution is -0.117. The van der Waals surface area contributed by atoms with Gasteiger partial charge in [-0.15, -0.1) is 0 Å². The van der Waals surface area contributed by atoms with Crippen molar-refractivity contribution in [1.29, 1.82) is 0 Å². The summed E-state index contributed by atoms with van der Waals surface area (Å²) in [4.78, 5) is 27.1. The molecule has 24 heavy (non-hydrogen) atoms. The second kappa shape index (κ2) is 8.47. The minimum Gasteiger partial charge on any atom is -0.392 e. The van der Waals surface area contributed by atoms with Crippen LogP contribution in [0.1, 0.15) is 20.3 Å². The summed E-state index contributed by atoms with van der Waals surface area (Å²) < 4.78 is 1.96. The third-order valence-electron chi connectivity index (χ3n) is 3.60. The molecule has 0 saturated carbocycles. The fraction of sp³-hybridized carbons (Fsp3) is 0.438. The average Bonchev–Trinajstić information content (AvgIpc) is 2.88. The average molecular weight is 434 g/mol. The number of carbonyl (C=O) groups excluding carboxylic acids is 1. The summed E-state index contributed by atoms with van der Waals surface area (Å²) in [6.07, 6.45) is 2.34. The fourth-order valence-corrected chi connectivity index (χ4v) is 3.83. The minimum absolute atomic E-state index is 0.0231. The maximum Gasteiger partial charge on any atom is 0.261 e. The van der Waals surface area contributed by atoms with E-state index < -0.39 is 0 Å². The van der Waals surface area contributed by atoms with E-state index in [2.05, 4.69) is 27.8 Å². The Balaban J connectivity index is 0.000000249. The first-order valence-electron chi connectivity index (χ1n) is 7.43. The number of carbonyl (C=O) groups is 1. The molecule has 0 amide bonds. The van der Waals surface area contributed by atoms with E-state index in [1.165, 1.54) is 17.8 Å². The Kier molecular flexibility index (Phi) is 6.86. The molecule has 1 aliphatic rings. The molecular formula is C16H18BrClN2O3S. The number of ketones is 1. The van der Waals surface area contributed by atoms with Crippen LogP contribution in [0.2, 0.25) is 5.02 Å². The summed E-state index contributed by atoms with van der Waals surface area (Å²) in [6.45, 7) is 3.52. The lowest BCUT2D eigenvalue weighted by Crippen LogP contribution is -2.23. The molecule has 0 unspecified atom stereocenters. The van der Waals surface area contributed by atoms with E-state index in [0.29, 0.717) is 25.6 Å². The third-order valence-corrected chi connectivity index (χ3v) is 6.10. The van der Waals surface area contributed by atoms with Gasteiger partial charge in [-0.3, -0.25) is 14.2 Å². The highest BCUT2D eigenvalue weighted by Gasteiger charge is 2.20. The highest BCUT2D eigenvalue weighted by Crippen LogP contribution is 2.26. The molecule has 5 nitrogen and oxygen atoms in total. The largest absolute Gasteiger partial charge is 0.392 e. The molecule has 0 bridgehead atoms. The SMILES string of the molecule is CC(=O)Cn1cnc2cc(Br)c(Cl)cc2c1=O.C[C@H]1SCC[C@@H]1O. The van der Waals surface area contributed by atoms with Gasteiger partial charge in [0.15, 0.2) is 0 Å². The van der Waals surface area contributed by atoms with Gasteiger partial charge in [-0.05, 0) is 47.2 Å². The number of rotatable bonds is 2. The highest BCUT2D eigenvalue weighted by molar-refractivity contribution is 9.10. The standard InChI is InChI=1S/C11H8BrClN2O2.C5H10OS/c1-6(16)4-15-5-14-10-3-8(12)9(13)2-7(10)11(15)17;1-4-5(6)2-3-7-4/h2-3,5H,4H2,1H3;4-6H,2-3H2,1H3/t;4-,5+/m.1/s1. The van der Waals surface area contributed by atoms with E-state index in [1.807, 2.05) is 11.8 Å². The van der Waals surface area contributed by atoms with Crippen molar-refractivity contribution in [2.75, 3.05) is 5.75 Å². The number of thioether (sulfide) groups is 1. The molecule has 2 aromatic rings. The van der Waals surface area contributed by atoms with E-state index in [9.17, 15) is 9.59 Å². The van der Waals surface area contributed by atoms with Crippen molar-refractivity contribution in [3.05, 3.63) is 38.3 Å². The van der Waals surface area contributed by atoms with Crippen molar-refractivity contribution in [1.82, 2.24) is 9.55 Å². The van der Waals surface area contributed by atoms with Gasteiger partial charge in [-0.2, -0.15) is 11.8 Å². The molecule has 1 aliphatic heterocycles. The van der Waals surface area contributed by atoms with Crippen LogP contribution >= 0.6 is 39.3 Å². The Hall–Kier alpha value is -0.890. The van der Waals surface area contributed by atoms with Gasteiger partial charge in [-0.1, -0.05) is 18.5 Å². The summed E-state index contributed by atoms with van der Waals surface area (Å²) in [5.41, 5.74) is 0.283. The van der Waals surface area contributed by atoms with Crippen molar-refractivity contribution < 1.29 is 9.90 Å². The van der Waals surface area contributed by atoms with Gasteiger partial charge >= 0.3 is 0 Å². The lowest BCUT2D eigenvalue weighted by Gasteiger charge is -2.05. The van der Waals surface area contributed by atoms with Crippen molar-refractivity contribution in [3.8, 4) is 0 Å². The van der Waals surface area contributed by atoms with Crippen LogP contribution in [0.4, 0.5) is 0 Å². The number of aromatic nitrogens is 2. The van der Waals surface area contributed by atoms with Gasteiger partial charge in [0, 0.05) is 9.72 Å². The van der Waals surface area contributed by atoms with Gasteiger partial charge in [0.25, 0.3) is 5.56 Å². The molecule has 1 aromatic carbocycles. The zero-order chi connectivity index (χ0) is 17.9. The Labute approximate surface area is 157 Å². The number of nitrogens with zero attached hydrogens (tertiary/aromatic N) is 2. The number of aliphatic hydroxyl groups is 1. The number of aliphatic hydroxyl groups excluding tert-OH is 1. The summed E-state index contributed by atoms with van der Waals surface area (Å²) in [6, 6.07) is 3.23. The van der Waals surface area contributed by atoms with Crippen LogP contribution in [0, 0.1) is 0 Å². The normalized spacial score (nSPS) is 19.9. The van der Waals surface area contributed by atoms with E-state index >= 15 is 0 Å². The van der Waals surface area contributed by atoms with Crippen molar-refractivity contribution in [2.45, 2.75) is 38.2 Å². The molecular weight excluding hydrogens is 416 g/mol. The fourth-order valence-electron chi connectivity index (χ4n) is 2.23. The maximum atomic E-state index is 12.0. The first kappa shape index (κ1) is 19.4. The zero-order valence-electron chi connectivity index (χ0n) is 13.3. The molecule has 130 valence electrons. The van der Waals surface area contributed by atoms with E-state index in [1.54, 1.807) is 12.1 Å². The summed E-state index contributed by atoms with van der Waals surface area (Å²) in [5, 5.41) is 10.3. The predicted molar refractivity (Wildman–Crippen MR) is 102 cm³/mol. The number of hydrogen-bond acceptors (Lipinski definition) is 5. The molecule has 2 heterocycles. The second-order valence-electron chi connectivity index (χ2n) is 5.60. The number of Topliss-reactive ketones (excluding diaryl/α,β-unsaturated/α-hetero) is 1. The quantitative estimate of drug-likeness (QED) is 0.787. The van der Waals surface area contributed by atoms with Crippen molar-refractivity contribution in [2.24, 2.45) is 0 Å². The van der Waals surface area contributed by atoms with Crippen molar-refractivity contribution >= 4 is 56.0 Å². The molecule has 2 atom stereocenters. The monoisotopic (exact) mass is 432 g/mol. The number of benzene rings is 1. The van der Waals surface area contributed by atoms with Crippen LogP contribution in [-0.4, -0.2) is 37.5 Å². The summed E-state index contributed by atoms with van der Waals surface area (Å²) in [5.74, 6) is 1.04. The molecule has 0 spiro atoms. The molecule has 0 radical (unpaired) electrons. The van der Waals surface area contributed by atoms with E-state index in [-0.39, 0.29) is 24.0 Å². The van der Waals surface area contributed by atoms with Crippen LogP contribution in [-0.2, 0) is 11.3 Å².